The summed E-state index contributed by atoms with van der Waals surface area (Å²) < 4.78 is 40.4. The van der Waals surface area contributed by atoms with E-state index in [1.807, 2.05) is 29.8 Å². The highest BCUT2D eigenvalue weighted by Crippen LogP contribution is 2.22. The molecule has 2 atom stereocenters. The van der Waals surface area contributed by atoms with Crippen LogP contribution in [0.1, 0.15) is 12.2 Å². The quantitative estimate of drug-likeness (QED) is 0.706. The number of imidazole rings is 1. The fraction of sp³-hybridized carbons (Fsp3) is 0.786. The van der Waals surface area contributed by atoms with Crippen molar-refractivity contribution in [2.24, 2.45) is 7.05 Å². The highest BCUT2D eigenvalue weighted by atomic mass is 32.2. The Hall–Kier alpha value is -1.03. The van der Waals surface area contributed by atoms with E-state index in [0.717, 1.165) is 12.1 Å². The summed E-state index contributed by atoms with van der Waals surface area (Å²) in [6.07, 6.45) is 4.47. The second-order valence-corrected chi connectivity index (χ2v) is 8.13. The van der Waals surface area contributed by atoms with E-state index in [1.165, 1.54) is 0 Å². The number of hydrogen-bond acceptors (Lipinski definition) is 5. The summed E-state index contributed by atoms with van der Waals surface area (Å²) in [4.78, 5) is 8.46. The fourth-order valence-corrected chi connectivity index (χ4v) is 3.37. The molecule has 1 fully saturated rings. The number of hydrogen-bond donors (Lipinski definition) is 1. The third-order valence-corrected chi connectivity index (χ3v) is 4.85. The number of nitrogens with one attached hydrogen (secondary N) is 1. The standard InChI is InChI=1S/C14H26FN5O2S/c1-18(6-5-17-23(3,21)22)10-13-8-12(15)9-20(13)11-14-16-4-7-19(14)2/h4,7,12-13,17H,5-6,8-11H2,1-3H3/t12-,13-/m0/s1. The van der Waals surface area contributed by atoms with Gasteiger partial charge in [-0.25, -0.2) is 22.5 Å². The normalized spacial score (nSPS) is 23.0. The molecule has 132 valence electrons. The minimum atomic E-state index is -3.16. The summed E-state index contributed by atoms with van der Waals surface area (Å²) in [5, 5.41) is 0. The zero-order chi connectivity index (χ0) is 17.0. The van der Waals surface area contributed by atoms with Crippen molar-refractivity contribution in [3.05, 3.63) is 18.2 Å². The van der Waals surface area contributed by atoms with Crippen LogP contribution in [0.2, 0.25) is 0 Å². The Labute approximate surface area is 137 Å². The van der Waals surface area contributed by atoms with Crippen molar-refractivity contribution < 1.29 is 12.8 Å². The average Bonchev–Trinajstić information content (AvgIpc) is 2.95. The lowest BCUT2D eigenvalue weighted by molar-refractivity contribution is 0.180. The zero-order valence-electron chi connectivity index (χ0n) is 13.9. The monoisotopic (exact) mass is 347 g/mol. The van der Waals surface area contributed by atoms with Crippen LogP contribution >= 0.6 is 0 Å². The smallest absolute Gasteiger partial charge is 0.208 e. The van der Waals surface area contributed by atoms with Gasteiger partial charge in [-0.15, -0.1) is 0 Å². The molecule has 1 saturated heterocycles. The van der Waals surface area contributed by atoms with Crippen molar-refractivity contribution in [1.29, 1.82) is 0 Å². The molecule has 0 bridgehead atoms. The summed E-state index contributed by atoms with van der Waals surface area (Å²) in [5.41, 5.74) is 0. The minimum absolute atomic E-state index is 0.116. The van der Waals surface area contributed by atoms with E-state index >= 15 is 0 Å². The first kappa shape index (κ1) is 18.3. The second kappa shape index (κ2) is 7.69. The van der Waals surface area contributed by atoms with Crippen LogP contribution < -0.4 is 4.72 Å². The van der Waals surface area contributed by atoms with E-state index in [1.54, 1.807) is 6.20 Å². The van der Waals surface area contributed by atoms with Gasteiger partial charge in [-0.2, -0.15) is 0 Å². The topological polar surface area (TPSA) is 70.5 Å². The van der Waals surface area contributed by atoms with E-state index in [4.69, 9.17) is 0 Å². The molecule has 1 aliphatic rings. The van der Waals surface area contributed by atoms with Crippen molar-refractivity contribution in [2.45, 2.75) is 25.2 Å². The average molecular weight is 347 g/mol. The molecule has 7 nitrogen and oxygen atoms in total. The van der Waals surface area contributed by atoms with Gasteiger partial charge in [-0.3, -0.25) is 4.90 Å². The number of nitrogens with zero attached hydrogens (tertiary/aromatic N) is 4. The predicted octanol–water partition coefficient (Wildman–Crippen LogP) is -0.186. The summed E-state index contributed by atoms with van der Waals surface area (Å²) in [6.45, 7) is 2.71. The lowest BCUT2D eigenvalue weighted by atomic mass is 10.2. The molecule has 0 amide bonds. The lowest BCUT2D eigenvalue weighted by Crippen LogP contribution is -2.41. The van der Waals surface area contributed by atoms with Crippen molar-refractivity contribution in [2.75, 3.05) is 39.5 Å². The number of aromatic nitrogens is 2. The minimum Gasteiger partial charge on any atom is -0.337 e. The van der Waals surface area contributed by atoms with E-state index in [-0.39, 0.29) is 6.04 Å². The van der Waals surface area contributed by atoms with Crippen LogP contribution in [0.3, 0.4) is 0 Å². The predicted molar refractivity (Wildman–Crippen MR) is 87.3 cm³/mol. The Balaban J connectivity index is 1.85. The molecule has 0 aliphatic carbocycles. The number of likely N-dealkylation sites (N-methyl/N-ethyl adjacent to an activating group) is 1. The van der Waals surface area contributed by atoms with Crippen LogP contribution in [0.15, 0.2) is 12.4 Å². The van der Waals surface area contributed by atoms with E-state index < -0.39 is 16.2 Å². The molecular formula is C14H26FN5O2S. The van der Waals surface area contributed by atoms with Gasteiger partial charge in [0.1, 0.15) is 12.0 Å². The molecule has 23 heavy (non-hydrogen) atoms. The Morgan fingerprint density at radius 3 is 2.87 bits per heavy atom. The molecule has 2 rings (SSSR count). The largest absolute Gasteiger partial charge is 0.337 e. The first-order chi connectivity index (χ1) is 10.7. The Bertz CT molecular complexity index is 606. The van der Waals surface area contributed by atoms with Crippen LogP contribution in [0.4, 0.5) is 4.39 Å². The highest BCUT2D eigenvalue weighted by molar-refractivity contribution is 7.88. The third kappa shape index (κ3) is 5.83. The van der Waals surface area contributed by atoms with Gasteiger partial charge < -0.3 is 9.47 Å². The molecule has 9 heteroatoms. The summed E-state index contributed by atoms with van der Waals surface area (Å²) in [7, 11) is 0.695. The number of likely N-dealkylation sites (tertiary alicyclic amines) is 1. The van der Waals surface area contributed by atoms with Gasteiger partial charge in [0.05, 0.1) is 12.8 Å². The SMILES string of the molecule is CN(CCNS(C)(=O)=O)C[C@@H]1C[C@H](F)CN1Cc1nccn1C. The number of sulfonamides is 1. The maximum absolute atomic E-state index is 13.8. The van der Waals surface area contributed by atoms with E-state index in [0.29, 0.717) is 39.1 Å². The molecule has 0 radical (unpaired) electrons. The lowest BCUT2D eigenvalue weighted by Gasteiger charge is -2.28. The molecule has 1 aromatic heterocycles. The van der Waals surface area contributed by atoms with Gasteiger partial charge in [-0.05, 0) is 13.5 Å². The molecule has 1 N–H and O–H groups in total. The maximum atomic E-state index is 13.8. The van der Waals surface area contributed by atoms with Crippen molar-refractivity contribution in [1.82, 2.24) is 24.1 Å². The van der Waals surface area contributed by atoms with Gasteiger partial charge in [-0.1, -0.05) is 0 Å². The van der Waals surface area contributed by atoms with Crippen LogP contribution in [0.25, 0.3) is 0 Å². The van der Waals surface area contributed by atoms with E-state index in [2.05, 4.69) is 14.6 Å². The fourth-order valence-electron chi connectivity index (χ4n) is 2.91. The van der Waals surface area contributed by atoms with Gasteiger partial charge >= 0.3 is 0 Å². The third-order valence-electron chi connectivity index (χ3n) is 4.12. The van der Waals surface area contributed by atoms with Crippen molar-refractivity contribution >= 4 is 10.0 Å². The summed E-state index contributed by atoms with van der Waals surface area (Å²) in [5.74, 6) is 0.922. The second-order valence-electron chi connectivity index (χ2n) is 6.30. The van der Waals surface area contributed by atoms with Gasteiger partial charge in [0.2, 0.25) is 10.0 Å². The molecule has 1 aliphatic heterocycles. The van der Waals surface area contributed by atoms with Crippen molar-refractivity contribution in [3.8, 4) is 0 Å². The van der Waals surface area contributed by atoms with Gasteiger partial charge in [0, 0.05) is 51.7 Å². The van der Waals surface area contributed by atoms with Crippen LogP contribution in [0, 0.1) is 0 Å². The van der Waals surface area contributed by atoms with Crippen LogP contribution in [-0.2, 0) is 23.6 Å². The number of halogens is 1. The van der Waals surface area contributed by atoms with Gasteiger partial charge in [0.15, 0.2) is 0 Å². The highest BCUT2D eigenvalue weighted by Gasteiger charge is 2.33. The van der Waals surface area contributed by atoms with Gasteiger partial charge in [0.25, 0.3) is 0 Å². The Morgan fingerprint density at radius 1 is 1.52 bits per heavy atom. The molecule has 0 saturated carbocycles. The molecule has 1 aromatic rings. The molecular weight excluding hydrogens is 321 g/mol. The van der Waals surface area contributed by atoms with E-state index in [9.17, 15) is 12.8 Å². The maximum Gasteiger partial charge on any atom is 0.208 e. The number of rotatable bonds is 8. The number of alkyl halides is 1. The number of aryl methyl sites for hydroxylation is 1. The molecule has 2 heterocycles. The zero-order valence-corrected chi connectivity index (χ0v) is 14.8. The first-order valence-corrected chi connectivity index (χ1v) is 9.61. The molecule has 0 aromatic carbocycles. The first-order valence-electron chi connectivity index (χ1n) is 7.72. The van der Waals surface area contributed by atoms with Crippen LogP contribution in [0.5, 0.6) is 0 Å². The summed E-state index contributed by atoms with van der Waals surface area (Å²) in [6, 6.07) is 0.116. The summed E-state index contributed by atoms with van der Waals surface area (Å²) >= 11 is 0. The van der Waals surface area contributed by atoms with Crippen molar-refractivity contribution in [3.63, 3.8) is 0 Å². The molecule has 0 spiro atoms. The Morgan fingerprint density at radius 2 is 2.26 bits per heavy atom. The van der Waals surface area contributed by atoms with Crippen LogP contribution in [-0.4, -0.2) is 79.5 Å². The molecule has 0 unspecified atom stereocenters. The Kier molecular flexibility index (Phi) is 6.12.